The van der Waals surface area contributed by atoms with Gasteiger partial charge in [0, 0.05) is 11.3 Å². The number of halogens is 3. The predicted molar refractivity (Wildman–Crippen MR) is 107 cm³/mol. The second-order valence-corrected chi connectivity index (χ2v) is 7.24. The summed E-state index contributed by atoms with van der Waals surface area (Å²) in [5, 5.41) is 2.65. The fourth-order valence-electron chi connectivity index (χ4n) is 2.53. The molecule has 2 aromatic carbocycles. The number of nitrogens with one attached hydrogen (secondary N) is 1. The Hall–Kier alpha value is -2.87. The highest BCUT2D eigenvalue weighted by Crippen LogP contribution is 2.38. The zero-order valence-electron chi connectivity index (χ0n) is 15.6. The standard InChI is InChI=1S/C21H19F3N2O2S/c1-2-3-13-28-16-11-9-15(10-12-16)25-19(27)17-18(21(22,23)24)26-20(29-17)14-7-5-4-6-8-14/h4-12H,2-3,13H2,1H3,(H,25,27). The molecule has 0 aliphatic carbocycles. The van der Waals surface area contributed by atoms with Crippen LogP contribution in [0.5, 0.6) is 5.75 Å². The number of carbonyl (C=O) groups excluding carboxylic acids is 1. The van der Waals surface area contributed by atoms with Gasteiger partial charge in [-0.05, 0) is 30.7 Å². The third-order valence-electron chi connectivity index (χ3n) is 4.00. The smallest absolute Gasteiger partial charge is 0.435 e. The van der Waals surface area contributed by atoms with E-state index >= 15 is 0 Å². The van der Waals surface area contributed by atoms with E-state index < -0.39 is 22.7 Å². The first-order valence-corrected chi connectivity index (χ1v) is 9.87. The lowest BCUT2D eigenvalue weighted by molar-refractivity contribution is -0.140. The average molecular weight is 420 g/mol. The maximum atomic E-state index is 13.4. The summed E-state index contributed by atoms with van der Waals surface area (Å²) in [4.78, 5) is 15.8. The second kappa shape index (κ2) is 9.09. The molecule has 1 aromatic heterocycles. The van der Waals surface area contributed by atoms with E-state index in [1.807, 2.05) is 0 Å². The normalized spacial score (nSPS) is 11.3. The Balaban J connectivity index is 1.80. The summed E-state index contributed by atoms with van der Waals surface area (Å²) in [5.41, 5.74) is -0.283. The van der Waals surface area contributed by atoms with Gasteiger partial charge in [-0.25, -0.2) is 4.98 Å². The zero-order chi connectivity index (χ0) is 20.9. The highest BCUT2D eigenvalue weighted by molar-refractivity contribution is 7.17. The molecule has 1 heterocycles. The molecular weight excluding hydrogens is 401 g/mol. The Labute approximate surface area is 170 Å². The number of rotatable bonds is 7. The number of hydrogen-bond donors (Lipinski definition) is 1. The lowest BCUT2D eigenvalue weighted by Crippen LogP contribution is -2.17. The van der Waals surface area contributed by atoms with Crippen LogP contribution in [0.3, 0.4) is 0 Å². The molecule has 0 saturated heterocycles. The number of benzene rings is 2. The van der Waals surface area contributed by atoms with E-state index in [4.69, 9.17) is 4.74 Å². The summed E-state index contributed by atoms with van der Waals surface area (Å²) in [7, 11) is 0. The first-order valence-electron chi connectivity index (χ1n) is 9.06. The molecule has 8 heteroatoms. The summed E-state index contributed by atoms with van der Waals surface area (Å²) < 4.78 is 45.8. The first kappa shape index (κ1) is 20.9. The van der Waals surface area contributed by atoms with E-state index in [1.165, 1.54) is 0 Å². The molecule has 152 valence electrons. The molecule has 0 saturated carbocycles. The largest absolute Gasteiger partial charge is 0.494 e. The van der Waals surface area contributed by atoms with E-state index in [9.17, 15) is 18.0 Å². The molecule has 1 N–H and O–H groups in total. The molecule has 0 unspecified atom stereocenters. The van der Waals surface area contributed by atoms with Crippen LogP contribution in [0.15, 0.2) is 54.6 Å². The van der Waals surface area contributed by atoms with Crippen LogP contribution in [0.1, 0.15) is 35.1 Å². The molecule has 0 radical (unpaired) electrons. The molecule has 0 aliphatic heterocycles. The minimum atomic E-state index is -4.73. The van der Waals surface area contributed by atoms with Gasteiger partial charge in [-0.15, -0.1) is 11.3 Å². The molecular formula is C21H19F3N2O2S. The zero-order valence-corrected chi connectivity index (χ0v) is 16.4. The van der Waals surface area contributed by atoms with Gasteiger partial charge in [0.15, 0.2) is 5.69 Å². The maximum absolute atomic E-state index is 13.4. The molecule has 0 aliphatic rings. The Bertz CT molecular complexity index is 954. The quantitative estimate of drug-likeness (QED) is 0.459. The number of alkyl halides is 3. The molecule has 29 heavy (non-hydrogen) atoms. The van der Waals surface area contributed by atoms with Crippen LogP contribution in [-0.2, 0) is 6.18 Å². The second-order valence-electron chi connectivity index (χ2n) is 6.24. The van der Waals surface area contributed by atoms with E-state index in [2.05, 4.69) is 17.2 Å². The number of thiazole rings is 1. The monoisotopic (exact) mass is 420 g/mol. The number of nitrogens with zero attached hydrogens (tertiary/aromatic N) is 1. The van der Waals surface area contributed by atoms with Crippen LogP contribution in [-0.4, -0.2) is 17.5 Å². The fraction of sp³-hybridized carbons (Fsp3) is 0.238. The van der Waals surface area contributed by atoms with Crippen molar-refractivity contribution in [2.45, 2.75) is 25.9 Å². The molecule has 0 atom stereocenters. The van der Waals surface area contributed by atoms with Crippen molar-refractivity contribution in [1.82, 2.24) is 4.98 Å². The van der Waals surface area contributed by atoms with Crippen LogP contribution in [0.4, 0.5) is 18.9 Å². The first-order chi connectivity index (χ1) is 13.9. The van der Waals surface area contributed by atoms with Gasteiger partial charge in [-0.3, -0.25) is 4.79 Å². The summed E-state index contributed by atoms with van der Waals surface area (Å²) in [6.07, 6.45) is -2.80. The van der Waals surface area contributed by atoms with Gasteiger partial charge in [0.2, 0.25) is 0 Å². The SMILES string of the molecule is CCCCOc1ccc(NC(=O)c2sc(-c3ccccc3)nc2C(F)(F)F)cc1. The van der Waals surface area contributed by atoms with E-state index in [0.29, 0.717) is 34.9 Å². The van der Waals surface area contributed by atoms with Gasteiger partial charge in [0.05, 0.1) is 6.61 Å². The minimum absolute atomic E-state index is 0.141. The van der Waals surface area contributed by atoms with Crippen LogP contribution in [0, 0.1) is 0 Å². The van der Waals surface area contributed by atoms with Crippen molar-refractivity contribution >= 4 is 22.9 Å². The van der Waals surface area contributed by atoms with Gasteiger partial charge < -0.3 is 10.1 Å². The van der Waals surface area contributed by atoms with Crippen molar-refractivity contribution in [1.29, 1.82) is 0 Å². The van der Waals surface area contributed by atoms with Crippen molar-refractivity contribution in [3.8, 4) is 16.3 Å². The third-order valence-corrected chi connectivity index (χ3v) is 5.10. The summed E-state index contributed by atoms with van der Waals surface area (Å²) >= 11 is 0.716. The fourth-order valence-corrected chi connectivity index (χ4v) is 3.51. The van der Waals surface area contributed by atoms with Crippen molar-refractivity contribution in [2.75, 3.05) is 11.9 Å². The molecule has 1 amide bonds. The predicted octanol–water partition coefficient (Wildman–Crippen LogP) is 6.26. The van der Waals surface area contributed by atoms with Gasteiger partial charge in [0.1, 0.15) is 15.6 Å². The number of ether oxygens (including phenoxy) is 1. The Kier molecular flexibility index (Phi) is 6.53. The molecule has 3 aromatic rings. The number of amides is 1. The Morgan fingerprint density at radius 1 is 1.10 bits per heavy atom. The van der Waals surface area contributed by atoms with Crippen molar-refractivity contribution in [2.24, 2.45) is 0 Å². The maximum Gasteiger partial charge on any atom is 0.435 e. The van der Waals surface area contributed by atoms with Crippen LogP contribution in [0.2, 0.25) is 0 Å². The number of carbonyl (C=O) groups is 1. The lowest BCUT2D eigenvalue weighted by atomic mass is 10.2. The summed E-state index contributed by atoms with van der Waals surface area (Å²) in [6, 6.07) is 15.0. The average Bonchev–Trinajstić information content (AvgIpc) is 3.16. The molecule has 0 spiro atoms. The summed E-state index contributed by atoms with van der Waals surface area (Å²) in [6.45, 7) is 2.64. The van der Waals surface area contributed by atoms with E-state index in [-0.39, 0.29) is 5.01 Å². The van der Waals surface area contributed by atoms with Crippen LogP contribution < -0.4 is 10.1 Å². The van der Waals surface area contributed by atoms with Gasteiger partial charge >= 0.3 is 6.18 Å². The van der Waals surface area contributed by atoms with Crippen molar-refractivity contribution in [3.05, 3.63) is 65.2 Å². The van der Waals surface area contributed by atoms with Crippen molar-refractivity contribution < 1.29 is 22.7 Å². The molecule has 3 rings (SSSR count). The molecule has 0 bridgehead atoms. The third kappa shape index (κ3) is 5.35. The Morgan fingerprint density at radius 2 is 1.79 bits per heavy atom. The van der Waals surface area contributed by atoms with Gasteiger partial charge in [-0.1, -0.05) is 43.7 Å². The Morgan fingerprint density at radius 3 is 2.41 bits per heavy atom. The highest BCUT2D eigenvalue weighted by Gasteiger charge is 2.39. The van der Waals surface area contributed by atoms with Crippen molar-refractivity contribution in [3.63, 3.8) is 0 Å². The van der Waals surface area contributed by atoms with E-state index in [1.54, 1.807) is 54.6 Å². The summed E-state index contributed by atoms with van der Waals surface area (Å²) in [5.74, 6) is -0.215. The minimum Gasteiger partial charge on any atom is -0.494 e. The van der Waals surface area contributed by atoms with Gasteiger partial charge in [-0.2, -0.15) is 13.2 Å². The van der Waals surface area contributed by atoms with Crippen LogP contribution >= 0.6 is 11.3 Å². The number of hydrogen-bond acceptors (Lipinski definition) is 4. The number of anilines is 1. The number of unbranched alkanes of at least 4 members (excludes halogenated alkanes) is 1. The molecule has 4 nitrogen and oxygen atoms in total. The highest BCUT2D eigenvalue weighted by atomic mass is 32.1. The number of aromatic nitrogens is 1. The van der Waals surface area contributed by atoms with Gasteiger partial charge in [0.25, 0.3) is 5.91 Å². The topological polar surface area (TPSA) is 51.2 Å². The van der Waals surface area contributed by atoms with Crippen LogP contribution in [0.25, 0.3) is 10.6 Å². The van der Waals surface area contributed by atoms with E-state index in [0.717, 1.165) is 12.8 Å². The lowest BCUT2D eigenvalue weighted by Gasteiger charge is -2.09. The molecule has 0 fully saturated rings.